The monoisotopic (exact) mass is 516 g/mol. The predicted molar refractivity (Wildman–Crippen MR) is 117 cm³/mol. The second kappa shape index (κ2) is 9.25. The van der Waals surface area contributed by atoms with Gasteiger partial charge in [0.1, 0.15) is 22.5 Å². The third kappa shape index (κ3) is 4.70. The molecule has 1 amide bonds. The maximum atomic E-state index is 14.0. The third-order valence-electron chi connectivity index (χ3n) is 5.50. The summed E-state index contributed by atoms with van der Waals surface area (Å²) in [5, 5.41) is 8.44. The first-order chi connectivity index (χ1) is 16.5. The van der Waals surface area contributed by atoms with Gasteiger partial charge >= 0.3 is 6.18 Å². The van der Waals surface area contributed by atoms with Crippen LogP contribution in [0.4, 0.5) is 33.5 Å². The van der Waals surface area contributed by atoms with Crippen LogP contribution in [0.3, 0.4) is 0 Å². The van der Waals surface area contributed by atoms with Crippen molar-refractivity contribution in [3.05, 3.63) is 64.3 Å². The van der Waals surface area contributed by atoms with Crippen LogP contribution < -0.4 is 20.1 Å². The summed E-state index contributed by atoms with van der Waals surface area (Å²) in [5.41, 5.74) is -0.484. The highest BCUT2D eigenvalue weighted by atomic mass is 35.5. The first-order valence-electron chi connectivity index (χ1n) is 10.1. The number of halogens is 6. The molecule has 186 valence electrons. The largest absolute Gasteiger partial charge is 0.493 e. The first-order valence-corrected chi connectivity index (χ1v) is 10.5. The summed E-state index contributed by atoms with van der Waals surface area (Å²) in [7, 11) is 2.83. The Labute approximate surface area is 200 Å². The minimum atomic E-state index is -4.72. The average Bonchev–Trinajstić information content (AvgIpc) is 3.15. The molecule has 2 aromatic carbocycles. The van der Waals surface area contributed by atoms with Crippen molar-refractivity contribution >= 4 is 29.0 Å². The molecule has 3 aromatic rings. The zero-order valence-corrected chi connectivity index (χ0v) is 19.0. The lowest BCUT2D eigenvalue weighted by atomic mass is 9.96. The molecule has 1 aliphatic heterocycles. The van der Waals surface area contributed by atoms with Crippen LogP contribution in [0.15, 0.2) is 36.4 Å². The van der Waals surface area contributed by atoms with E-state index in [2.05, 4.69) is 15.7 Å². The number of carbonyl (C=O) groups is 1. The number of hydrogen-bond acceptors (Lipinski definition) is 5. The van der Waals surface area contributed by atoms with E-state index in [1.165, 1.54) is 20.3 Å². The van der Waals surface area contributed by atoms with Crippen LogP contribution in [0.1, 0.15) is 34.6 Å². The molecule has 1 aliphatic rings. The van der Waals surface area contributed by atoms with Gasteiger partial charge in [-0.1, -0.05) is 17.7 Å². The summed E-state index contributed by atoms with van der Waals surface area (Å²) in [4.78, 5) is 12.7. The van der Waals surface area contributed by atoms with E-state index < -0.39 is 47.9 Å². The molecule has 0 spiro atoms. The van der Waals surface area contributed by atoms with Gasteiger partial charge in [-0.2, -0.15) is 18.3 Å². The Morgan fingerprint density at radius 3 is 2.49 bits per heavy atom. The van der Waals surface area contributed by atoms with Gasteiger partial charge in [0.05, 0.1) is 25.9 Å². The van der Waals surface area contributed by atoms with Crippen LogP contribution in [-0.2, 0) is 0 Å². The van der Waals surface area contributed by atoms with E-state index in [0.717, 1.165) is 12.1 Å². The normalized spacial score (nSPS) is 17.4. The number of carbonyl (C=O) groups excluding carboxylic acids is 1. The molecule has 2 atom stereocenters. The SMILES string of the molecule is COc1ccc([C@H]2C[C@H](C(F)(F)F)n3nc(C(=O)Nc4ccc(F)cc4F)c(Cl)c3N2)cc1OC. The van der Waals surface area contributed by atoms with Crippen LogP contribution >= 0.6 is 11.6 Å². The van der Waals surface area contributed by atoms with E-state index in [9.17, 15) is 26.7 Å². The average molecular weight is 517 g/mol. The highest BCUT2D eigenvalue weighted by Crippen LogP contribution is 2.47. The molecule has 2 N–H and O–H groups in total. The lowest BCUT2D eigenvalue weighted by Crippen LogP contribution is -2.35. The number of rotatable bonds is 5. The van der Waals surface area contributed by atoms with Crippen molar-refractivity contribution < 1.29 is 36.2 Å². The number of nitrogens with one attached hydrogen (secondary N) is 2. The Morgan fingerprint density at radius 2 is 1.86 bits per heavy atom. The lowest BCUT2D eigenvalue weighted by molar-refractivity contribution is -0.173. The van der Waals surface area contributed by atoms with E-state index in [0.29, 0.717) is 27.8 Å². The number of amides is 1. The molecule has 0 bridgehead atoms. The van der Waals surface area contributed by atoms with Crippen molar-refractivity contribution in [3.63, 3.8) is 0 Å². The van der Waals surface area contributed by atoms with Crippen LogP contribution in [0.25, 0.3) is 0 Å². The number of aromatic nitrogens is 2. The summed E-state index contributed by atoms with van der Waals surface area (Å²) in [6.07, 6.45) is -5.19. The number of methoxy groups -OCH3 is 2. The van der Waals surface area contributed by atoms with E-state index >= 15 is 0 Å². The van der Waals surface area contributed by atoms with E-state index in [-0.39, 0.29) is 16.5 Å². The maximum absolute atomic E-state index is 14.0. The Morgan fingerprint density at radius 1 is 1.14 bits per heavy atom. The molecule has 0 unspecified atom stereocenters. The fourth-order valence-electron chi connectivity index (χ4n) is 3.80. The lowest BCUT2D eigenvalue weighted by Gasteiger charge is -2.33. The van der Waals surface area contributed by atoms with Gasteiger partial charge in [0.2, 0.25) is 0 Å². The van der Waals surface area contributed by atoms with Crippen LogP contribution in [0, 0.1) is 11.6 Å². The fraction of sp³-hybridized carbons (Fsp3) is 0.273. The summed E-state index contributed by atoms with van der Waals surface area (Å²) in [6, 6.07) is 4.12. The molecule has 0 saturated carbocycles. The first kappa shape index (κ1) is 24.6. The van der Waals surface area contributed by atoms with Gasteiger partial charge in [-0.3, -0.25) is 4.79 Å². The molecule has 0 radical (unpaired) electrons. The molecule has 0 saturated heterocycles. The molecule has 35 heavy (non-hydrogen) atoms. The Kier molecular flexibility index (Phi) is 6.50. The number of nitrogens with zero attached hydrogens (tertiary/aromatic N) is 2. The number of anilines is 2. The van der Waals surface area contributed by atoms with E-state index in [1.807, 2.05) is 0 Å². The van der Waals surface area contributed by atoms with Gasteiger partial charge < -0.3 is 20.1 Å². The Bertz CT molecular complexity index is 1280. The molecule has 2 heterocycles. The second-order valence-corrected chi connectivity index (χ2v) is 8.02. The smallest absolute Gasteiger partial charge is 0.410 e. The number of hydrogen-bond donors (Lipinski definition) is 2. The molecule has 0 aliphatic carbocycles. The molecule has 1 aromatic heterocycles. The number of alkyl halides is 3. The van der Waals surface area contributed by atoms with Gasteiger partial charge in [0, 0.05) is 12.5 Å². The van der Waals surface area contributed by atoms with Crippen molar-refractivity contribution in [2.24, 2.45) is 0 Å². The molecule has 0 fully saturated rings. The summed E-state index contributed by atoms with van der Waals surface area (Å²) in [6.45, 7) is 0. The summed E-state index contributed by atoms with van der Waals surface area (Å²) >= 11 is 6.27. The van der Waals surface area contributed by atoms with Crippen molar-refractivity contribution in [2.45, 2.75) is 24.7 Å². The van der Waals surface area contributed by atoms with Crippen molar-refractivity contribution in [1.82, 2.24) is 9.78 Å². The predicted octanol–water partition coefficient (Wildman–Crippen LogP) is 5.74. The zero-order valence-electron chi connectivity index (χ0n) is 18.2. The third-order valence-corrected chi connectivity index (χ3v) is 5.86. The summed E-state index contributed by atoms with van der Waals surface area (Å²) in [5.74, 6) is -2.51. The number of fused-ring (bicyclic) bond motifs is 1. The van der Waals surface area contributed by atoms with Gasteiger partial charge in [-0.05, 0) is 29.8 Å². The molecule has 4 rings (SSSR count). The number of benzene rings is 2. The minimum absolute atomic E-state index is 0.232. The van der Waals surface area contributed by atoms with Crippen LogP contribution in [-0.4, -0.2) is 36.1 Å². The zero-order chi connectivity index (χ0) is 25.5. The van der Waals surface area contributed by atoms with Crippen LogP contribution in [0.5, 0.6) is 11.5 Å². The topological polar surface area (TPSA) is 77.4 Å². The van der Waals surface area contributed by atoms with Crippen molar-refractivity contribution in [3.8, 4) is 11.5 Å². The number of ether oxygens (including phenoxy) is 2. The quantitative estimate of drug-likeness (QED) is 0.423. The van der Waals surface area contributed by atoms with Crippen LogP contribution in [0.2, 0.25) is 5.02 Å². The van der Waals surface area contributed by atoms with E-state index in [1.54, 1.807) is 12.1 Å². The maximum Gasteiger partial charge on any atom is 0.410 e. The second-order valence-electron chi connectivity index (χ2n) is 7.64. The molecular formula is C22H18ClF5N4O3. The van der Waals surface area contributed by atoms with Crippen molar-refractivity contribution in [2.75, 3.05) is 24.9 Å². The van der Waals surface area contributed by atoms with Gasteiger partial charge in [-0.25, -0.2) is 13.5 Å². The van der Waals surface area contributed by atoms with Gasteiger partial charge in [-0.15, -0.1) is 0 Å². The highest BCUT2D eigenvalue weighted by molar-refractivity contribution is 6.36. The van der Waals surface area contributed by atoms with Crippen molar-refractivity contribution in [1.29, 1.82) is 0 Å². The summed E-state index contributed by atoms with van der Waals surface area (Å²) < 4.78 is 80.0. The Balaban J connectivity index is 1.71. The van der Waals surface area contributed by atoms with Gasteiger partial charge in [0.15, 0.2) is 23.2 Å². The highest BCUT2D eigenvalue weighted by Gasteiger charge is 2.48. The molecule has 7 nitrogen and oxygen atoms in total. The van der Waals surface area contributed by atoms with E-state index in [4.69, 9.17) is 21.1 Å². The molecular weight excluding hydrogens is 499 g/mol. The fourth-order valence-corrected chi connectivity index (χ4v) is 4.06. The molecule has 13 heteroatoms. The van der Waals surface area contributed by atoms with Gasteiger partial charge in [0.25, 0.3) is 5.91 Å². The minimum Gasteiger partial charge on any atom is -0.493 e. The Hall–Kier alpha value is -3.54. The standard InChI is InChI=1S/C22H18ClF5N4O3/c1-34-15-6-3-10(7-16(15)35-2)14-9-17(22(26,27)28)32-20(29-14)18(23)19(31-32)21(33)30-13-5-4-11(24)8-12(13)25/h3-8,14,17,29H,9H2,1-2H3,(H,30,33)/t14-,17-/m1/s1.